The maximum absolute atomic E-state index is 4.22. The second kappa shape index (κ2) is 7.79. The van der Waals surface area contributed by atoms with Crippen molar-refractivity contribution in [2.45, 2.75) is 26.7 Å². The average molecular weight is 314 g/mol. The van der Waals surface area contributed by atoms with Gasteiger partial charge >= 0.3 is 0 Å². The van der Waals surface area contributed by atoms with Crippen molar-refractivity contribution in [1.29, 1.82) is 0 Å². The molecular weight excluding hydrogens is 288 g/mol. The summed E-state index contributed by atoms with van der Waals surface area (Å²) in [6, 6.07) is 6.64. The van der Waals surface area contributed by atoms with Gasteiger partial charge in [0.2, 0.25) is 0 Å². The van der Waals surface area contributed by atoms with Crippen LogP contribution in [0.15, 0.2) is 96.7 Å². The molecule has 0 spiro atoms. The molecule has 0 aromatic heterocycles. The van der Waals surface area contributed by atoms with E-state index in [2.05, 4.69) is 57.5 Å². The van der Waals surface area contributed by atoms with Crippen molar-refractivity contribution in [1.82, 2.24) is 0 Å². The van der Waals surface area contributed by atoms with Crippen LogP contribution in [0.25, 0.3) is 6.08 Å². The number of fused-ring (bicyclic) bond motifs is 1. The van der Waals surface area contributed by atoms with Gasteiger partial charge in [0.25, 0.3) is 0 Å². The summed E-state index contributed by atoms with van der Waals surface area (Å²) in [5.41, 5.74) is 9.17. The topological polar surface area (TPSA) is 0 Å². The first-order valence-corrected chi connectivity index (χ1v) is 8.26. The van der Waals surface area contributed by atoms with Gasteiger partial charge in [-0.1, -0.05) is 86.0 Å². The van der Waals surface area contributed by atoms with Gasteiger partial charge < -0.3 is 0 Å². The quantitative estimate of drug-likeness (QED) is 0.514. The lowest BCUT2D eigenvalue weighted by Crippen LogP contribution is -2.00. The van der Waals surface area contributed by atoms with Gasteiger partial charge in [0, 0.05) is 0 Å². The molecule has 2 rings (SSSR count). The van der Waals surface area contributed by atoms with Crippen molar-refractivity contribution in [2.24, 2.45) is 0 Å². The molecule has 0 saturated heterocycles. The van der Waals surface area contributed by atoms with Crippen molar-refractivity contribution >= 4 is 6.08 Å². The van der Waals surface area contributed by atoms with Crippen LogP contribution in [0.4, 0.5) is 0 Å². The molecule has 1 aromatic rings. The van der Waals surface area contributed by atoms with Crippen LogP contribution >= 0.6 is 0 Å². The van der Waals surface area contributed by atoms with Crippen molar-refractivity contribution in [3.63, 3.8) is 0 Å². The second-order valence-corrected chi connectivity index (χ2v) is 6.46. The molecule has 24 heavy (non-hydrogen) atoms. The number of allylic oxidation sites excluding steroid dienone is 9. The van der Waals surface area contributed by atoms with Gasteiger partial charge in [-0.3, -0.25) is 0 Å². The predicted octanol–water partition coefficient (Wildman–Crippen LogP) is 6.68. The lowest BCUT2D eigenvalue weighted by Gasteiger charge is -2.17. The zero-order valence-corrected chi connectivity index (χ0v) is 14.9. The zero-order chi connectivity index (χ0) is 17.7. The van der Waals surface area contributed by atoms with Crippen molar-refractivity contribution in [3.8, 4) is 0 Å². The van der Waals surface area contributed by atoms with Crippen LogP contribution in [0, 0.1) is 6.92 Å². The lowest BCUT2D eigenvalue weighted by molar-refractivity contribution is 0.939. The van der Waals surface area contributed by atoms with Gasteiger partial charge in [-0.15, -0.1) is 0 Å². The number of hydrogen-bond donors (Lipinski definition) is 0. The third-order valence-electron chi connectivity index (χ3n) is 4.17. The minimum atomic E-state index is 0.889. The maximum Gasteiger partial charge on any atom is -0.0221 e. The predicted molar refractivity (Wildman–Crippen MR) is 108 cm³/mol. The highest BCUT2D eigenvalue weighted by Crippen LogP contribution is 2.29. The summed E-state index contributed by atoms with van der Waals surface area (Å²) < 4.78 is 0. The van der Waals surface area contributed by atoms with E-state index in [-0.39, 0.29) is 0 Å². The number of rotatable bonds is 6. The summed E-state index contributed by atoms with van der Waals surface area (Å²) in [6.45, 7) is 20.3. The first kappa shape index (κ1) is 17.7. The van der Waals surface area contributed by atoms with E-state index in [4.69, 9.17) is 0 Å². The molecule has 122 valence electrons. The summed E-state index contributed by atoms with van der Waals surface area (Å²) in [5.74, 6) is 0. The van der Waals surface area contributed by atoms with Gasteiger partial charge in [0.15, 0.2) is 0 Å². The third kappa shape index (κ3) is 4.70. The number of aryl methyl sites for hydroxylation is 2. The third-order valence-corrected chi connectivity index (χ3v) is 4.17. The van der Waals surface area contributed by atoms with Crippen molar-refractivity contribution in [3.05, 3.63) is 113 Å². The molecule has 0 N–H and O–H groups in total. The van der Waals surface area contributed by atoms with Crippen LogP contribution in [0.5, 0.6) is 0 Å². The normalized spacial score (nSPS) is 13.7. The van der Waals surface area contributed by atoms with Gasteiger partial charge in [0.05, 0.1) is 0 Å². The Labute approximate surface area is 146 Å². The molecule has 0 aliphatic heterocycles. The van der Waals surface area contributed by atoms with Gasteiger partial charge in [-0.2, -0.15) is 0 Å². The molecule has 0 bridgehead atoms. The number of hydrogen-bond acceptors (Lipinski definition) is 0. The molecule has 0 heteroatoms. The van der Waals surface area contributed by atoms with E-state index in [9.17, 15) is 0 Å². The summed E-state index contributed by atoms with van der Waals surface area (Å²) in [4.78, 5) is 0. The van der Waals surface area contributed by atoms with E-state index in [1.165, 1.54) is 22.3 Å². The van der Waals surface area contributed by atoms with E-state index in [0.717, 1.165) is 35.1 Å². The van der Waals surface area contributed by atoms with E-state index in [1.54, 1.807) is 0 Å². The van der Waals surface area contributed by atoms with Crippen molar-refractivity contribution < 1.29 is 0 Å². The summed E-state index contributed by atoms with van der Waals surface area (Å²) in [5, 5.41) is 0. The lowest BCUT2D eigenvalue weighted by atomic mass is 9.88. The molecule has 1 aliphatic carbocycles. The zero-order valence-electron chi connectivity index (χ0n) is 14.9. The molecule has 0 amide bonds. The highest BCUT2D eigenvalue weighted by molar-refractivity contribution is 5.66. The van der Waals surface area contributed by atoms with Gasteiger partial charge in [0.1, 0.15) is 0 Å². The summed E-state index contributed by atoms with van der Waals surface area (Å²) in [6.07, 6.45) is 12.3. The Morgan fingerprint density at radius 3 is 2.25 bits per heavy atom. The molecule has 0 nitrogen and oxygen atoms in total. The molecule has 0 radical (unpaired) electrons. The smallest absolute Gasteiger partial charge is 0.0221 e. The Kier molecular flexibility index (Phi) is 5.76. The molecule has 0 saturated carbocycles. The van der Waals surface area contributed by atoms with Crippen LogP contribution in [0.1, 0.15) is 30.0 Å². The number of benzene rings is 1. The maximum atomic E-state index is 4.22. The van der Waals surface area contributed by atoms with E-state index in [0.29, 0.717) is 0 Å². The van der Waals surface area contributed by atoms with Gasteiger partial charge in [-0.25, -0.2) is 0 Å². The molecular formula is C24H26. The summed E-state index contributed by atoms with van der Waals surface area (Å²) >= 11 is 0. The van der Waals surface area contributed by atoms with Crippen LogP contribution in [-0.2, 0) is 6.42 Å². The molecule has 0 heterocycles. The van der Waals surface area contributed by atoms with Crippen LogP contribution < -0.4 is 0 Å². The Morgan fingerprint density at radius 1 is 0.917 bits per heavy atom. The van der Waals surface area contributed by atoms with Gasteiger partial charge in [-0.05, 0) is 60.1 Å². The first-order valence-electron chi connectivity index (χ1n) is 8.26. The molecule has 1 aromatic carbocycles. The fourth-order valence-electron chi connectivity index (χ4n) is 2.64. The Morgan fingerprint density at radius 2 is 1.58 bits per heavy atom. The minimum Gasteiger partial charge on any atom is -0.0961 e. The van der Waals surface area contributed by atoms with Crippen LogP contribution in [-0.4, -0.2) is 0 Å². The Bertz CT molecular complexity index is 791. The largest absolute Gasteiger partial charge is 0.0961 e. The highest BCUT2D eigenvalue weighted by atomic mass is 14.2. The average Bonchev–Trinajstić information content (AvgIpc) is 2.56. The van der Waals surface area contributed by atoms with E-state index < -0.39 is 0 Å². The first-order chi connectivity index (χ1) is 11.4. The highest BCUT2D eigenvalue weighted by Gasteiger charge is 2.11. The standard InChI is InChI=1S/C24H26/c1-17(2)7-9-19(4)20(5)10-11-21(6)22-13-14-23-15-18(3)8-12-24(23)16-22/h7-12,15-16H,1,4-6,13-14H2,2-3H3/b9-7-,11-10-. The minimum absolute atomic E-state index is 0.889. The monoisotopic (exact) mass is 314 g/mol. The Hall–Kier alpha value is -2.60. The van der Waals surface area contributed by atoms with E-state index in [1.807, 2.05) is 31.2 Å². The molecule has 0 unspecified atom stereocenters. The second-order valence-electron chi connectivity index (χ2n) is 6.46. The van der Waals surface area contributed by atoms with Crippen LogP contribution in [0.3, 0.4) is 0 Å². The molecule has 0 fully saturated rings. The van der Waals surface area contributed by atoms with Crippen molar-refractivity contribution in [2.75, 3.05) is 0 Å². The fourth-order valence-corrected chi connectivity index (χ4v) is 2.64. The molecule has 0 atom stereocenters. The summed E-state index contributed by atoms with van der Waals surface area (Å²) in [7, 11) is 0. The SMILES string of the molecule is C=C(C)/C=C\C(=C)C(=C)/C=C\C(=C)C1=Cc2ccc(C)cc2CC1. The fraction of sp³-hybridized carbons (Fsp3) is 0.167. The van der Waals surface area contributed by atoms with E-state index >= 15 is 0 Å². The van der Waals surface area contributed by atoms with Crippen LogP contribution in [0.2, 0.25) is 0 Å². The molecule has 1 aliphatic rings. The Balaban J connectivity index is 2.07.